The first-order valence-corrected chi connectivity index (χ1v) is 10.1. The lowest BCUT2D eigenvalue weighted by Gasteiger charge is -2.25. The molecule has 3 heterocycles. The molecular weight excluding hydrogens is 418 g/mol. The van der Waals surface area contributed by atoms with Crippen molar-refractivity contribution in [3.63, 3.8) is 0 Å². The number of nitrogens with one attached hydrogen (secondary N) is 1. The Morgan fingerprint density at radius 3 is 3.15 bits per heavy atom. The predicted octanol–water partition coefficient (Wildman–Crippen LogP) is 4.23. The van der Waals surface area contributed by atoms with Gasteiger partial charge in [0.25, 0.3) is 5.56 Å². The number of aromatic amines is 1. The molecule has 1 N–H and O–H groups in total. The minimum atomic E-state index is -1.53. The zero-order valence-electron chi connectivity index (χ0n) is 13.9. The molecular formula is C16H15ClFN2O5PS. The smallest absolute Gasteiger partial charge is 0.397 e. The monoisotopic (exact) mass is 432 g/mol. The highest BCUT2D eigenvalue weighted by atomic mass is 35.5. The van der Waals surface area contributed by atoms with Gasteiger partial charge in [-0.25, -0.2) is 0 Å². The van der Waals surface area contributed by atoms with Crippen LogP contribution in [0.2, 0.25) is 5.02 Å². The van der Waals surface area contributed by atoms with E-state index in [1.54, 1.807) is 18.2 Å². The number of aromatic nitrogens is 2. The molecule has 2 aliphatic heterocycles. The number of rotatable bonds is 4. The minimum Gasteiger partial charge on any atom is -0.426 e. The molecule has 0 radical (unpaired) electrons. The predicted molar refractivity (Wildman–Crippen MR) is 98.7 cm³/mol. The molecule has 3 unspecified atom stereocenters. The van der Waals surface area contributed by atoms with E-state index in [4.69, 9.17) is 42.1 Å². The lowest BCUT2D eigenvalue weighted by Crippen LogP contribution is -2.21. The van der Waals surface area contributed by atoms with Gasteiger partial charge in [-0.2, -0.15) is 4.39 Å². The van der Waals surface area contributed by atoms with Crippen molar-refractivity contribution in [1.29, 1.82) is 0 Å². The number of hydrogen-bond acceptors (Lipinski definition) is 6. The third-order valence-corrected chi connectivity index (χ3v) is 5.80. The summed E-state index contributed by atoms with van der Waals surface area (Å²) in [4.78, 5) is 13.5. The van der Waals surface area contributed by atoms with Crippen LogP contribution in [0.1, 0.15) is 24.6 Å². The molecule has 11 heteroatoms. The molecule has 1 saturated heterocycles. The number of ether oxygens (including phenoxy) is 1. The molecule has 1 aromatic heterocycles. The summed E-state index contributed by atoms with van der Waals surface area (Å²) in [6.07, 6.45) is 1.71. The fourth-order valence-electron chi connectivity index (χ4n) is 2.88. The maximum absolute atomic E-state index is 13.5. The first-order chi connectivity index (χ1) is 13.0. The van der Waals surface area contributed by atoms with E-state index in [-0.39, 0.29) is 17.5 Å². The minimum absolute atomic E-state index is 0.117. The summed E-state index contributed by atoms with van der Waals surface area (Å²) in [5.74, 6) is -0.213. The van der Waals surface area contributed by atoms with Crippen molar-refractivity contribution >= 4 is 32.4 Å². The van der Waals surface area contributed by atoms with Crippen molar-refractivity contribution in [1.82, 2.24) is 9.55 Å². The van der Waals surface area contributed by atoms with E-state index in [9.17, 15) is 9.18 Å². The molecule has 2 aromatic rings. The van der Waals surface area contributed by atoms with Crippen LogP contribution in [0.15, 0.2) is 29.2 Å². The number of H-pyrrole nitrogens is 1. The van der Waals surface area contributed by atoms with Crippen molar-refractivity contribution in [3.8, 4) is 5.75 Å². The third kappa shape index (κ3) is 4.23. The average Bonchev–Trinajstić information content (AvgIpc) is 3.11. The normalized spacial score (nSPS) is 24.4. The van der Waals surface area contributed by atoms with Crippen LogP contribution in [0.5, 0.6) is 5.75 Å². The molecule has 2 aliphatic rings. The van der Waals surface area contributed by atoms with E-state index < -0.39 is 26.2 Å². The summed E-state index contributed by atoms with van der Waals surface area (Å²) in [7, 11) is -1.53. The molecule has 1 fully saturated rings. The quantitative estimate of drug-likeness (QED) is 0.575. The fourth-order valence-corrected chi connectivity index (χ4v) is 4.38. The maximum Gasteiger partial charge on any atom is 0.397 e. The van der Waals surface area contributed by atoms with Gasteiger partial charge in [0, 0.05) is 10.6 Å². The molecule has 3 atom stereocenters. The van der Waals surface area contributed by atoms with E-state index in [0.717, 1.165) is 11.8 Å². The fraction of sp³-hybridized carbons (Fsp3) is 0.375. The van der Waals surface area contributed by atoms with Gasteiger partial charge in [0.05, 0.1) is 25.5 Å². The summed E-state index contributed by atoms with van der Waals surface area (Å²) in [5, 5.41) is 0.621. The Hall–Kier alpha value is -1.35. The van der Waals surface area contributed by atoms with Crippen LogP contribution in [0.25, 0.3) is 0 Å². The first kappa shape index (κ1) is 19.0. The highest BCUT2D eigenvalue weighted by molar-refractivity contribution is 7.71. The van der Waals surface area contributed by atoms with Gasteiger partial charge in [0.2, 0.25) is 5.82 Å². The zero-order chi connectivity index (χ0) is 19.0. The van der Waals surface area contributed by atoms with Gasteiger partial charge in [-0.15, -0.1) is 0 Å². The summed E-state index contributed by atoms with van der Waals surface area (Å²) >= 11 is 11.0. The number of benzene rings is 1. The molecule has 4 rings (SSSR count). The standard InChI is InChI=1S/C16H15ClFN2O5PS/c17-10-1-3-13-9(5-10)7-22-26(25-13)23-8-11-2-4-14(24-11)20-6-12(18)15(21)19-16(20)27/h1,3,5-6,11,14H,2,4,7-8H2,(H,19,21,27). The largest absolute Gasteiger partial charge is 0.426 e. The molecule has 0 spiro atoms. The summed E-state index contributed by atoms with van der Waals surface area (Å²) < 4.78 is 37.9. The second kappa shape index (κ2) is 7.95. The SMILES string of the molecule is O=c1[nH]c(=S)n(C2CCC(COP3OCc4cc(Cl)ccc4O3)O2)cc1F. The van der Waals surface area contributed by atoms with Crippen LogP contribution in [0.3, 0.4) is 0 Å². The van der Waals surface area contributed by atoms with Gasteiger partial charge in [0.15, 0.2) is 4.77 Å². The van der Waals surface area contributed by atoms with Crippen LogP contribution >= 0.6 is 32.4 Å². The number of nitrogens with zero attached hydrogens (tertiary/aromatic N) is 1. The second-order valence-electron chi connectivity index (χ2n) is 6.07. The molecule has 1 aromatic carbocycles. The van der Waals surface area contributed by atoms with Gasteiger partial charge >= 0.3 is 8.60 Å². The van der Waals surface area contributed by atoms with Crippen molar-refractivity contribution in [2.24, 2.45) is 0 Å². The molecule has 0 aliphatic carbocycles. The molecule has 0 saturated carbocycles. The lowest BCUT2D eigenvalue weighted by atomic mass is 10.2. The Morgan fingerprint density at radius 2 is 2.30 bits per heavy atom. The number of fused-ring (bicyclic) bond motifs is 1. The number of halogens is 2. The Kier molecular flexibility index (Phi) is 5.59. The topological polar surface area (TPSA) is 74.7 Å². The molecule has 144 valence electrons. The van der Waals surface area contributed by atoms with Gasteiger partial charge in [-0.1, -0.05) is 11.6 Å². The van der Waals surface area contributed by atoms with Crippen LogP contribution in [-0.4, -0.2) is 22.3 Å². The van der Waals surface area contributed by atoms with Crippen LogP contribution in [0, 0.1) is 10.6 Å². The molecule has 7 nitrogen and oxygen atoms in total. The highest BCUT2D eigenvalue weighted by Crippen LogP contribution is 2.48. The van der Waals surface area contributed by atoms with Crippen LogP contribution in [0.4, 0.5) is 4.39 Å². The number of hydrogen-bond donors (Lipinski definition) is 1. The molecule has 27 heavy (non-hydrogen) atoms. The van der Waals surface area contributed by atoms with E-state index in [1.807, 2.05) is 0 Å². The van der Waals surface area contributed by atoms with E-state index in [1.165, 1.54) is 4.57 Å². The Morgan fingerprint density at radius 1 is 1.44 bits per heavy atom. The van der Waals surface area contributed by atoms with Gasteiger partial charge in [-0.05, 0) is 43.3 Å². The Bertz CT molecular complexity index is 971. The second-order valence-corrected chi connectivity index (χ2v) is 8.04. The van der Waals surface area contributed by atoms with Gasteiger partial charge < -0.3 is 9.26 Å². The van der Waals surface area contributed by atoms with Gasteiger partial charge in [-0.3, -0.25) is 23.4 Å². The van der Waals surface area contributed by atoms with E-state index in [0.29, 0.717) is 30.2 Å². The highest BCUT2D eigenvalue weighted by Gasteiger charge is 2.30. The van der Waals surface area contributed by atoms with Crippen molar-refractivity contribution in [2.45, 2.75) is 31.8 Å². The Balaban J connectivity index is 1.33. The van der Waals surface area contributed by atoms with Gasteiger partial charge in [0.1, 0.15) is 12.0 Å². The van der Waals surface area contributed by atoms with Crippen molar-refractivity contribution in [3.05, 3.63) is 55.9 Å². The average molecular weight is 433 g/mol. The van der Waals surface area contributed by atoms with Crippen LogP contribution < -0.4 is 10.1 Å². The summed E-state index contributed by atoms with van der Waals surface area (Å²) in [5.41, 5.74) is 0.0293. The van der Waals surface area contributed by atoms with Crippen molar-refractivity contribution < 1.29 is 22.7 Å². The van der Waals surface area contributed by atoms with Crippen LogP contribution in [-0.2, 0) is 20.4 Å². The lowest BCUT2D eigenvalue weighted by molar-refractivity contribution is -0.0224. The summed E-state index contributed by atoms with van der Waals surface area (Å²) in [6, 6.07) is 5.32. The first-order valence-electron chi connectivity index (χ1n) is 8.18. The third-order valence-electron chi connectivity index (χ3n) is 4.21. The maximum atomic E-state index is 13.5. The Labute approximate surface area is 165 Å². The van der Waals surface area contributed by atoms with E-state index in [2.05, 4.69) is 4.98 Å². The molecule has 0 amide bonds. The van der Waals surface area contributed by atoms with E-state index >= 15 is 0 Å². The molecule has 0 bridgehead atoms. The van der Waals surface area contributed by atoms with Crippen molar-refractivity contribution in [2.75, 3.05) is 6.61 Å². The zero-order valence-corrected chi connectivity index (χ0v) is 16.4. The summed E-state index contributed by atoms with van der Waals surface area (Å²) in [6.45, 7) is 0.631.